The van der Waals surface area contributed by atoms with Crippen LogP contribution in [0.25, 0.3) is 0 Å². The minimum absolute atomic E-state index is 0.163. The molecular weight excluding hydrogens is 272 g/mol. The Morgan fingerprint density at radius 3 is 2.52 bits per heavy atom. The number of carbonyl (C=O) groups is 2. The van der Waals surface area contributed by atoms with Crippen LogP contribution in [0.2, 0.25) is 0 Å². The van der Waals surface area contributed by atoms with Crippen LogP contribution in [0, 0.1) is 0 Å². The Balaban J connectivity index is 1.95. The number of carbonyl (C=O) groups excluding carboxylic acids is 2. The highest BCUT2D eigenvalue weighted by molar-refractivity contribution is 5.95. The summed E-state index contributed by atoms with van der Waals surface area (Å²) in [6.07, 6.45) is 3.25. The summed E-state index contributed by atoms with van der Waals surface area (Å²) in [6, 6.07) is 10.1. The molecule has 0 spiro atoms. The molecule has 1 N–H and O–H groups in total. The molecular formula is C15H14N2O4. The van der Waals surface area contributed by atoms with Gasteiger partial charge in [-0.05, 0) is 36.4 Å². The third kappa shape index (κ3) is 4.31. The molecule has 0 aliphatic heterocycles. The van der Waals surface area contributed by atoms with Crippen molar-refractivity contribution in [2.24, 2.45) is 0 Å². The first-order valence-corrected chi connectivity index (χ1v) is 6.22. The molecule has 1 amide bonds. The van der Waals surface area contributed by atoms with Crippen LogP contribution in [0.1, 0.15) is 10.4 Å². The van der Waals surface area contributed by atoms with Gasteiger partial charge in [0.15, 0.2) is 0 Å². The van der Waals surface area contributed by atoms with Crippen molar-refractivity contribution in [3.05, 3.63) is 54.4 Å². The van der Waals surface area contributed by atoms with Gasteiger partial charge in [-0.25, -0.2) is 0 Å². The SMILES string of the molecule is COC(=O)CNC(=O)c1ccc(Oc2cccnc2)cc1. The molecule has 0 radical (unpaired) electrons. The van der Waals surface area contributed by atoms with E-state index in [2.05, 4.69) is 15.0 Å². The molecule has 108 valence electrons. The van der Waals surface area contributed by atoms with Crippen molar-refractivity contribution in [3.8, 4) is 11.5 Å². The minimum atomic E-state index is -0.500. The molecule has 2 aromatic rings. The third-order valence-corrected chi connectivity index (χ3v) is 2.61. The summed E-state index contributed by atoms with van der Waals surface area (Å²) in [6.45, 7) is -0.163. The van der Waals surface area contributed by atoms with E-state index in [1.165, 1.54) is 7.11 Å². The number of amides is 1. The normalized spacial score (nSPS) is 9.76. The summed E-state index contributed by atoms with van der Waals surface area (Å²) in [5, 5.41) is 2.45. The average Bonchev–Trinajstić information content (AvgIpc) is 2.54. The number of hydrogen-bond donors (Lipinski definition) is 1. The number of methoxy groups -OCH3 is 1. The van der Waals surface area contributed by atoms with Gasteiger partial charge in [0, 0.05) is 11.8 Å². The van der Waals surface area contributed by atoms with E-state index >= 15 is 0 Å². The molecule has 2 rings (SSSR count). The second-order valence-corrected chi connectivity index (χ2v) is 4.07. The number of nitrogens with zero attached hydrogens (tertiary/aromatic N) is 1. The first-order valence-electron chi connectivity index (χ1n) is 6.22. The maximum absolute atomic E-state index is 11.8. The predicted octanol–water partition coefficient (Wildman–Crippen LogP) is 1.78. The molecule has 1 aromatic carbocycles. The highest BCUT2D eigenvalue weighted by Gasteiger charge is 2.08. The number of aromatic nitrogens is 1. The van der Waals surface area contributed by atoms with Crippen LogP contribution in [0.4, 0.5) is 0 Å². The Bertz CT molecular complexity index is 611. The van der Waals surface area contributed by atoms with Gasteiger partial charge in [0.05, 0.1) is 13.3 Å². The number of ether oxygens (including phenoxy) is 2. The van der Waals surface area contributed by atoms with Crippen LogP contribution >= 0.6 is 0 Å². The molecule has 21 heavy (non-hydrogen) atoms. The largest absolute Gasteiger partial charge is 0.468 e. The van der Waals surface area contributed by atoms with E-state index in [9.17, 15) is 9.59 Å². The molecule has 0 fully saturated rings. The van der Waals surface area contributed by atoms with Gasteiger partial charge in [-0.2, -0.15) is 0 Å². The first-order chi connectivity index (χ1) is 10.2. The van der Waals surface area contributed by atoms with E-state index < -0.39 is 5.97 Å². The van der Waals surface area contributed by atoms with E-state index in [4.69, 9.17) is 4.74 Å². The third-order valence-electron chi connectivity index (χ3n) is 2.61. The number of nitrogens with one attached hydrogen (secondary N) is 1. The van der Waals surface area contributed by atoms with Crippen molar-refractivity contribution < 1.29 is 19.1 Å². The molecule has 0 bridgehead atoms. The van der Waals surface area contributed by atoms with Crippen molar-refractivity contribution in [2.75, 3.05) is 13.7 Å². The maximum Gasteiger partial charge on any atom is 0.325 e. The summed E-state index contributed by atoms with van der Waals surface area (Å²) in [5.41, 5.74) is 0.428. The van der Waals surface area contributed by atoms with E-state index in [1.54, 1.807) is 48.8 Å². The lowest BCUT2D eigenvalue weighted by Gasteiger charge is -2.07. The second kappa shape index (κ2) is 7.04. The van der Waals surface area contributed by atoms with Gasteiger partial charge >= 0.3 is 5.97 Å². The van der Waals surface area contributed by atoms with Crippen LogP contribution in [-0.2, 0) is 9.53 Å². The zero-order chi connectivity index (χ0) is 15.1. The van der Waals surface area contributed by atoms with Crippen LogP contribution in [0.3, 0.4) is 0 Å². The summed E-state index contributed by atoms with van der Waals surface area (Å²) >= 11 is 0. The Labute approximate surface area is 121 Å². The molecule has 1 aromatic heterocycles. The maximum atomic E-state index is 11.8. The monoisotopic (exact) mass is 286 g/mol. The quantitative estimate of drug-likeness (QED) is 0.848. The molecule has 0 aliphatic rings. The lowest BCUT2D eigenvalue weighted by atomic mass is 10.2. The molecule has 0 atom stereocenters. The molecule has 0 saturated carbocycles. The second-order valence-electron chi connectivity index (χ2n) is 4.07. The van der Waals surface area contributed by atoms with Crippen LogP contribution < -0.4 is 10.1 Å². The summed E-state index contributed by atoms with van der Waals surface area (Å²) in [7, 11) is 1.26. The lowest BCUT2D eigenvalue weighted by Crippen LogP contribution is -2.30. The fourth-order valence-corrected chi connectivity index (χ4v) is 1.54. The van der Waals surface area contributed by atoms with Gasteiger partial charge in [0.25, 0.3) is 5.91 Å². The molecule has 1 heterocycles. The molecule has 0 unspecified atom stereocenters. The fourth-order valence-electron chi connectivity index (χ4n) is 1.54. The van der Waals surface area contributed by atoms with Crippen molar-refractivity contribution in [1.82, 2.24) is 10.3 Å². The lowest BCUT2D eigenvalue weighted by molar-refractivity contribution is -0.139. The van der Waals surface area contributed by atoms with Crippen molar-refractivity contribution in [3.63, 3.8) is 0 Å². The highest BCUT2D eigenvalue weighted by Crippen LogP contribution is 2.20. The topological polar surface area (TPSA) is 77.5 Å². The average molecular weight is 286 g/mol. The number of hydrogen-bond acceptors (Lipinski definition) is 5. The smallest absolute Gasteiger partial charge is 0.325 e. The fraction of sp³-hybridized carbons (Fsp3) is 0.133. The number of esters is 1. The standard InChI is InChI=1S/C15H14N2O4/c1-20-14(18)10-17-15(19)11-4-6-12(7-5-11)21-13-3-2-8-16-9-13/h2-9H,10H2,1H3,(H,17,19). The minimum Gasteiger partial charge on any atom is -0.468 e. The Morgan fingerprint density at radius 2 is 1.90 bits per heavy atom. The van der Waals surface area contributed by atoms with Crippen LogP contribution in [0.5, 0.6) is 11.5 Å². The summed E-state index contributed by atoms with van der Waals surface area (Å²) < 4.78 is 10.0. The van der Waals surface area contributed by atoms with Crippen molar-refractivity contribution in [2.45, 2.75) is 0 Å². The zero-order valence-corrected chi connectivity index (χ0v) is 11.4. The zero-order valence-electron chi connectivity index (χ0n) is 11.4. The van der Waals surface area contributed by atoms with Gasteiger partial charge in [0.2, 0.25) is 0 Å². The first kappa shape index (κ1) is 14.5. The van der Waals surface area contributed by atoms with E-state index in [0.29, 0.717) is 17.1 Å². The van der Waals surface area contributed by atoms with Crippen molar-refractivity contribution in [1.29, 1.82) is 0 Å². The van der Waals surface area contributed by atoms with Gasteiger partial charge in [-0.3, -0.25) is 14.6 Å². The van der Waals surface area contributed by atoms with E-state index in [-0.39, 0.29) is 12.5 Å². The van der Waals surface area contributed by atoms with Gasteiger partial charge in [0.1, 0.15) is 18.0 Å². The van der Waals surface area contributed by atoms with Crippen molar-refractivity contribution >= 4 is 11.9 Å². The number of pyridine rings is 1. The Morgan fingerprint density at radius 1 is 1.14 bits per heavy atom. The number of benzene rings is 1. The number of rotatable bonds is 5. The Hall–Kier alpha value is -2.89. The van der Waals surface area contributed by atoms with Gasteiger partial charge in [-0.1, -0.05) is 0 Å². The van der Waals surface area contributed by atoms with E-state index in [0.717, 1.165) is 0 Å². The van der Waals surface area contributed by atoms with Gasteiger partial charge < -0.3 is 14.8 Å². The van der Waals surface area contributed by atoms with E-state index in [1.807, 2.05) is 0 Å². The molecule has 6 heteroatoms. The summed E-state index contributed by atoms with van der Waals surface area (Å²) in [4.78, 5) is 26.6. The highest BCUT2D eigenvalue weighted by atomic mass is 16.5. The molecule has 6 nitrogen and oxygen atoms in total. The van der Waals surface area contributed by atoms with Gasteiger partial charge in [-0.15, -0.1) is 0 Å². The van der Waals surface area contributed by atoms with Crippen LogP contribution in [0.15, 0.2) is 48.8 Å². The summed E-state index contributed by atoms with van der Waals surface area (Å²) in [5.74, 6) is 0.348. The predicted molar refractivity (Wildman–Crippen MR) is 75.1 cm³/mol. The Kier molecular flexibility index (Phi) is 4.87. The molecule has 0 saturated heterocycles. The van der Waals surface area contributed by atoms with Crippen LogP contribution in [-0.4, -0.2) is 30.5 Å². The molecule has 0 aliphatic carbocycles.